The Morgan fingerprint density at radius 2 is 1.61 bits per heavy atom. The highest BCUT2D eigenvalue weighted by Gasteiger charge is 2.67. The molecule has 0 aliphatic carbocycles. The van der Waals surface area contributed by atoms with Crippen LogP contribution in [0.3, 0.4) is 0 Å². The number of benzene rings is 4. The lowest BCUT2D eigenvalue weighted by Crippen LogP contribution is -2.44. The Balaban J connectivity index is 1.29. The van der Waals surface area contributed by atoms with Crippen molar-refractivity contribution in [3.05, 3.63) is 108 Å². The van der Waals surface area contributed by atoms with Crippen molar-refractivity contribution in [3.8, 4) is 11.5 Å². The first-order valence-corrected chi connectivity index (χ1v) is 20.5. The lowest BCUT2D eigenvalue weighted by Gasteiger charge is -2.31. The maximum Gasteiger partial charge on any atom is 0.268 e. The van der Waals surface area contributed by atoms with Gasteiger partial charge in [0.25, 0.3) is 11.8 Å². The van der Waals surface area contributed by atoms with E-state index in [1.165, 1.54) is 0 Å². The molecule has 4 heterocycles. The summed E-state index contributed by atoms with van der Waals surface area (Å²) in [6.07, 6.45) is 0.503. The van der Waals surface area contributed by atoms with Crippen molar-refractivity contribution in [2.45, 2.75) is 62.6 Å². The van der Waals surface area contributed by atoms with Crippen LogP contribution >= 0.6 is 0 Å². The van der Waals surface area contributed by atoms with Crippen LogP contribution in [0.4, 0.5) is 26.9 Å². The molecule has 3 amide bonds. The highest BCUT2D eigenvalue weighted by Crippen LogP contribution is 2.62. The van der Waals surface area contributed by atoms with E-state index in [2.05, 4.69) is 0 Å². The summed E-state index contributed by atoms with van der Waals surface area (Å²) < 4.78 is 29.8. The van der Waals surface area contributed by atoms with E-state index < -0.39 is 31.6 Å². The number of ether oxygens (including phenoxy) is 2. The van der Waals surface area contributed by atoms with Gasteiger partial charge in [0.1, 0.15) is 5.75 Å². The second-order valence-corrected chi connectivity index (χ2v) is 18.2. The van der Waals surface area contributed by atoms with Gasteiger partial charge in [-0.3, -0.25) is 24.2 Å². The van der Waals surface area contributed by atoms with Crippen LogP contribution in [0.25, 0.3) is 0 Å². The number of para-hydroxylation sites is 4. The Hall–Kier alpha value is -4.84. The van der Waals surface area contributed by atoms with E-state index in [1.54, 1.807) is 58.1 Å². The molecule has 8 rings (SSSR count). The first kappa shape index (κ1) is 33.3. The van der Waals surface area contributed by atoms with Crippen molar-refractivity contribution in [2.75, 3.05) is 23.0 Å². The van der Waals surface area contributed by atoms with Crippen LogP contribution < -0.4 is 14.5 Å². The van der Waals surface area contributed by atoms with Gasteiger partial charge in [-0.1, -0.05) is 49.4 Å². The number of aliphatic hydroxyl groups is 1. The number of hydrogen-bond donors (Lipinski definition) is 1. The fourth-order valence-corrected chi connectivity index (χ4v) is 11.3. The van der Waals surface area contributed by atoms with Crippen LogP contribution in [0.2, 0.25) is 18.6 Å². The number of halogens is 1. The Morgan fingerprint density at radius 3 is 2.35 bits per heavy atom. The Labute approximate surface area is 297 Å². The van der Waals surface area contributed by atoms with Gasteiger partial charge < -0.3 is 23.6 Å². The summed E-state index contributed by atoms with van der Waals surface area (Å²) in [5, 5.41) is 9.94. The fraction of sp³-hybridized carbons (Fsp3) is 0.325. The minimum Gasteiger partial charge on any atom is -0.454 e. The third-order valence-electron chi connectivity index (χ3n) is 11.1. The number of hydrogen-bond acceptors (Lipinski definition) is 6. The molecule has 51 heavy (non-hydrogen) atoms. The molecular weight excluding hydrogens is 666 g/mol. The summed E-state index contributed by atoms with van der Waals surface area (Å²) >= 11 is 0. The number of aliphatic hydroxyl groups excluding tert-OH is 1. The molecule has 4 aromatic carbocycles. The zero-order valence-corrected chi connectivity index (χ0v) is 29.8. The molecule has 4 aromatic rings. The number of amides is 3. The summed E-state index contributed by atoms with van der Waals surface area (Å²) in [7, 11) is -3.58. The van der Waals surface area contributed by atoms with Gasteiger partial charge >= 0.3 is 0 Å². The van der Waals surface area contributed by atoms with Crippen molar-refractivity contribution >= 4 is 48.9 Å². The van der Waals surface area contributed by atoms with Crippen molar-refractivity contribution in [1.29, 1.82) is 0 Å². The monoisotopic (exact) mass is 705 g/mol. The Morgan fingerprint density at radius 1 is 0.902 bits per heavy atom. The summed E-state index contributed by atoms with van der Waals surface area (Å²) in [6.45, 7) is 5.45. The standard InChI is InChI=1S/C40H40FN3O6Si/c1-25-37(51(2,3)41)35(23-36(46)42-21-11-14-28(42)24-45)50-40(25)30-22-27(19-20-31(30)44(39(40)48)26-12-5-4-6-13-26)43-32-16-8-10-18-34(32)49-33-17-9-7-15-29(33)38(43)47/h4-10,12-13,15-20,22,25,28,35,37,45H,11,14,21,23-24H2,1-3H3/t25-,28-,35+,37-,40+/m0/s1. The molecule has 262 valence electrons. The molecule has 0 unspecified atom stereocenters. The number of carbonyl (C=O) groups excluding carboxylic acids is 3. The van der Waals surface area contributed by atoms with Gasteiger partial charge in [-0.05, 0) is 80.5 Å². The molecule has 0 radical (unpaired) electrons. The van der Waals surface area contributed by atoms with Crippen LogP contribution in [-0.2, 0) is 19.9 Å². The topological polar surface area (TPSA) is 99.6 Å². The predicted octanol–water partition coefficient (Wildman–Crippen LogP) is 7.60. The zero-order chi connectivity index (χ0) is 35.7. The minimum atomic E-state index is -3.58. The third-order valence-corrected chi connectivity index (χ3v) is 13.5. The molecule has 1 N–H and O–H groups in total. The van der Waals surface area contributed by atoms with E-state index in [1.807, 2.05) is 73.7 Å². The van der Waals surface area contributed by atoms with Gasteiger partial charge in [-0.25, -0.2) is 0 Å². The quantitative estimate of drug-likeness (QED) is 0.164. The van der Waals surface area contributed by atoms with Gasteiger partial charge in [0, 0.05) is 34.9 Å². The molecule has 0 aromatic heterocycles. The number of nitrogens with zero attached hydrogens (tertiary/aromatic N) is 3. The lowest BCUT2D eigenvalue weighted by molar-refractivity contribution is -0.149. The SMILES string of the molecule is C[C@H]1[C@H]([Si](C)(C)F)[C@@H](CC(=O)N2CCC[C@H]2CO)O[C@]12C(=O)N(c1ccccc1)c1ccc(N3C(=O)c4ccccc4Oc4ccccc43)cc12. The summed E-state index contributed by atoms with van der Waals surface area (Å²) in [5.41, 5.74) is 0.753. The molecule has 1 spiro atoms. The average molecular weight is 706 g/mol. The number of anilines is 4. The molecule has 2 fully saturated rings. The second kappa shape index (κ2) is 12.4. The number of rotatable bonds is 6. The van der Waals surface area contributed by atoms with Gasteiger partial charge in [0.15, 0.2) is 11.4 Å². The molecule has 4 aliphatic rings. The van der Waals surface area contributed by atoms with Crippen LogP contribution in [0.15, 0.2) is 97.1 Å². The number of fused-ring (bicyclic) bond motifs is 4. The van der Waals surface area contributed by atoms with Gasteiger partial charge in [-0.2, -0.15) is 0 Å². The van der Waals surface area contributed by atoms with Gasteiger partial charge in [0.05, 0.1) is 42.1 Å². The third kappa shape index (κ3) is 5.20. The first-order valence-electron chi connectivity index (χ1n) is 17.6. The van der Waals surface area contributed by atoms with Crippen molar-refractivity contribution < 1.29 is 33.1 Å². The first-order chi connectivity index (χ1) is 24.5. The number of carbonyl (C=O) groups is 3. The summed E-state index contributed by atoms with van der Waals surface area (Å²) in [5.74, 6) is -0.617. The number of likely N-dealkylation sites (tertiary alicyclic amines) is 1. The molecule has 4 aliphatic heterocycles. The highest BCUT2D eigenvalue weighted by atomic mass is 28.4. The molecule has 5 atom stereocenters. The van der Waals surface area contributed by atoms with Gasteiger partial charge in [-0.15, -0.1) is 0 Å². The van der Waals surface area contributed by atoms with Crippen LogP contribution in [0, 0.1) is 5.92 Å². The van der Waals surface area contributed by atoms with Crippen LogP contribution in [-0.4, -0.2) is 61.4 Å². The highest BCUT2D eigenvalue weighted by molar-refractivity contribution is 6.72. The van der Waals surface area contributed by atoms with Crippen molar-refractivity contribution in [2.24, 2.45) is 5.92 Å². The molecule has 11 heteroatoms. The van der Waals surface area contributed by atoms with E-state index >= 15 is 8.90 Å². The van der Waals surface area contributed by atoms with E-state index in [4.69, 9.17) is 9.47 Å². The fourth-order valence-electron chi connectivity index (χ4n) is 8.84. The average Bonchev–Trinajstić information content (AvgIpc) is 3.76. The molecule has 2 saturated heterocycles. The normalized spacial score (nSPS) is 25.5. The molecular formula is C40H40FN3O6Si. The van der Waals surface area contributed by atoms with Crippen molar-refractivity contribution in [1.82, 2.24) is 4.90 Å². The lowest BCUT2D eigenvalue weighted by atomic mass is 9.82. The van der Waals surface area contributed by atoms with Crippen LogP contribution in [0.1, 0.15) is 42.1 Å². The summed E-state index contributed by atoms with van der Waals surface area (Å²) in [4.78, 5) is 48.1. The minimum absolute atomic E-state index is 0.104. The van der Waals surface area contributed by atoms with E-state index in [9.17, 15) is 14.7 Å². The summed E-state index contributed by atoms with van der Waals surface area (Å²) in [6, 6.07) is 28.7. The Kier molecular flexibility index (Phi) is 8.12. The zero-order valence-electron chi connectivity index (χ0n) is 28.8. The maximum absolute atomic E-state index is 16.6. The van der Waals surface area contributed by atoms with E-state index in [0.29, 0.717) is 58.3 Å². The maximum atomic E-state index is 16.6. The van der Waals surface area contributed by atoms with Crippen molar-refractivity contribution in [3.63, 3.8) is 0 Å². The van der Waals surface area contributed by atoms with E-state index in [-0.39, 0.29) is 36.8 Å². The molecule has 9 nitrogen and oxygen atoms in total. The molecule has 0 saturated carbocycles. The van der Waals surface area contributed by atoms with Gasteiger partial charge in [0.2, 0.25) is 14.3 Å². The second-order valence-electron chi connectivity index (χ2n) is 14.4. The van der Waals surface area contributed by atoms with E-state index in [0.717, 1.165) is 6.42 Å². The smallest absolute Gasteiger partial charge is 0.268 e. The largest absolute Gasteiger partial charge is 0.454 e. The van der Waals surface area contributed by atoms with Crippen LogP contribution in [0.5, 0.6) is 11.5 Å². The Bertz CT molecular complexity index is 2040. The molecule has 0 bridgehead atoms. The predicted molar refractivity (Wildman–Crippen MR) is 194 cm³/mol.